The second-order valence-electron chi connectivity index (χ2n) is 8.42. The highest BCUT2D eigenvalue weighted by Crippen LogP contribution is 2.37. The molecule has 5 rings (SSSR count). The molecule has 2 nitrogen and oxygen atoms in total. The van der Waals surface area contributed by atoms with E-state index in [1.807, 2.05) is 12.1 Å². The third kappa shape index (κ3) is 3.00. The number of aromatic nitrogens is 1. The minimum absolute atomic E-state index is 0.538. The quantitative estimate of drug-likeness (QED) is 0.297. The Morgan fingerprint density at radius 3 is 2.33 bits per heavy atom. The number of hydrogen-bond donors (Lipinski definition) is 0. The van der Waals surface area contributed by atoms with Gasteiger partial charge >= 0.3 is 0 Å². The van der Waals surface area contributed by atoms with Crippen molar-refractivity contribution >= 4 is 21.9 Å². The molecular weight excluding hydrogens is 366 g/mol. The van der Waals surface area contributed by atoms with E-state index in [0.29, 0.717) is 5.92 Å². The Labute approximate surface area is 177 Å². The van der Waals surface area contributed by atoms with E-state index in [0.717, 1.165) is 33.2 Å². The number of pyridine rings is 1. The normalized spacial score (nSPS) is 11.6. The SMILES string of the molecule is Cc1ccc2c(oc3ccccc32)c1-c1cc(-c2ccc(C(C)C)cc2)cc[n+]1C. The Morgan fingerprint density at radius 1 is 0.800 bits per heavy atom. The van der Waals surface area contributed by atoms with Gasteiger partial charge in [-0.2, -0.15) is 0 Å². The highest BCUT2D eigenvalue weighted by Gasteiger charge is 2.21. The number of aryl methyl sites for hydroxylation is 2. The Morgan fingerprint density at radius 2 is 1.57 bits per heavy atom. The number of hydrogen-bond acceptors (Lipinski definition) is 1. The van der Waals surface area contributed by atoms with Crippen molar-refractivity contribution in [3.63, 3.8) is 0 Å². The zero-order valence-corrected chi connectivity index (χ0v) is 17.9. The summed E-state index contributed by atoms with van der Waals surface area (Å²) in [6.45, 7) is 6.62. The molecule has 5 aromatic rings. The molecule has 0 aliphatic heterocycles. The van der Waals surface area contributed by atoms with Crippen molar-refractivity contribution in [2.45, 2.75) is 26.7 Å². The first-order valence-corrected chi connectivity index (χ1v) is 10.5. The minimum Gasteiger partial charge on any atom is -0.455 e. The summed E-state index contributed by atoms with van der Waals surface area (Å²) in [7, 11) is 2.10. The predicted octanol–water partition coefficient (Wildman–Crippen LogP) is 7.18. The predicted molar refractivity (Wildman–Crippen MR) is 125 cm³/mol. The molecule has 3 aromatic carbocycles. The standard InChI is InChI=1S/C28H26NO/c1-18(2)20-10-12-21(13-11-20)22-15-16-29(4)25(17-22)27-19(3)9-14-24-23-7-5-6-8-26(23)30-28(24)27/h5-18H,1-4H3/q+1. The summed E-state index contributed by atoms with van der Waals surface area (Å²) in [5.41, 5.74) is 9.23. The smallest absolute Gasteiger partial charge is 0.216 e. The number of benzene rings is 3. The van der Waals surface area contributed by atoms with Gasteiger partial charge in [-0.1, -0.05) is 68.4 Å². The van der Waals surface area contributed by atoms with E-state index in [1.54, 1.807) is 0 Å². The molecule has 0 atom stereocenters. The first kappa shape index (κ1) is 18.6. The summed E-state index contributed by atoms with van der Waals surface area (Å²) in [6, 6.07) is 26.0. The van der Waals surface area contributed by atoms with Crippen LogP contribution in [0.4, 0.5) is 0 Å². The lowest BCUT2D eigenvalue weighted by molar-refractivity contribution is -0.660. The van der Waals surface area contributed by atoms with E-state index in [1.165, 1.54) is 22.3 Å². The van der Waals surface area contributed by atoms with E-state index >= 15 is 0 Å². The molecule has 2 heterocycles. The molecule has 148 valence electrons. The van der Waals surface area contributed by atoms with Crippen LogP contribution in [0.5, 0.6) is 0 Å². The number of nitrogens with zero attached hydrogens (tertiary/aromatic N) is 1. The van der Waals surface area contributed by atoms with Gasteiger partial charge in [-0.3, -0.25) is 0 Å². The summed E-state index contributed by atoms with van der Waals surface area (Å²) < 4.78 is 8.53. The van der Waals surface area contributed by atoms with Crippen LogP contribution in [-0.4, -0.2) is 0 Å². The minimum atomic E-state index is 0.538. The zero-order valence-electron chi connectivity index (χ0n) is 17.9. The van der Waals surface area contributed by atoms with Crippen molar-refractivity contribution in [2.75, 3.05) is 0 Å². The number of furan rings is 1. The summed E-state index contributed by atoms with van der Waals surface area (Å²) in [6.07, 6.45) is 2.14. The lowest BCUT2D eigenvalue weighted by atomic mass is 9.96. The number of para-hydroxylation sites is 1. The van der Waals surface area contributed by atoms with Crippen LogP contribution in [0.2, 0.25) is 0 Å². The Bertz CT molecular complexity index is 1370. The monoisotopic (exact) mass is 392 g/mol. The van der Waals surface area contributed by atoms with Gasteiger partial charge in [0.25, 0.3) is 0 Å². The van der Waals surface area contributed by atoms with E-state index in [9.17, 15) is 0 Å². The van der Waals surface area contributed by atoms with Gasteiger partial charge in [-0.15, -0.1) is 0 Å². The van der Waals surface area contributed by atoms with Crippen LogP contribution in [0.25, 0.3) is 44.3 Å². The van der Waals surface area contributed by atoms with E-state index in [2.05, 4.69) is 99.2 Å². The Kier molecular flexibility index (Phi) is 4.43. The number of fused-ring (bicyclic) bond motifs is 3. The molecule has 0 bridgehead atoms. The second-order valence-corrected chi connectivity index (χ2v) is 8.42. The van der Waals surface area contributed by atoms with Gasteiger partial charge in [-0.25, -0.2) is 4.57 Å². The van der Waals surface area contributed by atoms with Crippen LogP contribution in [0, 0.1) is 6.92 Å². The summed E-state index contributed by atoms with van der Waals surface area (Å²) >= 11 is 0. The molecule has 0 aliphatic rings. The van der Waals surface area contributed by atoms with Crippen LogP contribution < -0.4 is 4.57 Å². The topological polar surface area (TPSA) is 17.0 Å². The van der Waals surface area contributed by atoms with Crippen LogP contribution in [0.15, 0.2) is 83.4 Å². The summed E-state index contributed by atoms with van der Waals surface area (Å²) in [4.78, 5) is 0. The first-order valence-electron chi connectivity index (χ1n) is 10.5. The lowest BCUT2D eigenvalue weighted by Gasteiger charge is -2.09. The first-order chi connectivity index (χ1) is 14.5. The molecule has 2 heteroatoms. The van der Waals surface area contributed by atoms with Crippen molar-refractivity contribution in [1.29, 1.82) is 0 Å². The lowest BCUT2D eigenvalue weighted by Crippen LogP contribution is -2.30. The van der Waals surface area contributed by atoms with Gasteiger partial charge < -0.3 is 4.42 Å². The molecule has 0 unspecified atom stereocenters. The molecule has 0 aliphatic carbocycles. The van der Waals surface area contributed by atoms with Crippen molar-refractivity contribution in [3.8, 4) is 22.4 Å². The van der Waals surface area contributed by atoms with Crippen LogP contribution in [0.1, 0.15) is 30.9 Å². The summed E-state index contributed by atoms with van der Waals surface area (Å²) in [5, 5.41) is 2.33. The highest BCUT2D eigenvalue weighted by molar-refractivity contribution is 6.09. The Balaban J connectivity index is 1.72. The Hall–Kier alpha value is -3.39. The maximum atomic E-state index is 6.35. The maximum Gasteiger partial charge on any atom is 0.216 e. The van der Waals surface area contributed by atoms with E-state index in [-0.39, 0.29) is 0 Å². The van der Waals surface area contributed by atoms with E-state index in [4.69, 9.17) is 4.42 Å². The van der Waals surface area contributed by atoms with Gasteiger partial charge in [0.2, 0.25) is 5.69 Å². The fourth-order valence-electron chi connectivity index (χ4n) is 4.26. The molecule has 0 fully saturated rings. The molecule has 0 amide bonds. The van der Waals surface area contributed by atoms with Crippen molar-refractivity contribution in [1.82, 2.24) is 0 Å². The average Bonchev–Trinajstić information content (AvgIpc) is 3.13. The fraction of sp³-hybridized carbons (Fsp3) is 0.179. The largest absolute Gasteiger partial charge is 0.455 e. The molecule has 0 N–H and O–H groups in total. The molecule has 0 saturated carbocycles. The van der Waals surface area contributed by atoms with Gasteiger partial charge in [0, 0.05) is 22.9 Å². The van der Waals surface area contributed by atoms with Gasteiger partial charge in [-0.05, 0) is 41.2 Å². The van der Waals surface area contributed by atoms with Crippen LogP contribution in [-0.2, 0) is 7.05 Å². The fourth-order valence-corrected chi connectivity index (χ4v) is 4.26. The molecule has 30 heavy (non-hydrogen) atoms. The molecule has 0 spiro atoms. The highest BCUT2D eigenvalue weighted by atomic mass is 16.3. The zero-order chi connectivity index (χ0) is 20.8. The van der Waals surface area contributed by atoms with Gasteiger partial charge in [0.1, 0.15) is 18.2 Å². The molecule has 2 aromatic heterocycles. The molecular formula is C28H26NO+. The van der Waals surface area contributed by atoms with Crippen molar-refractivity contribution in [2.24, 2.45) is 7.05 Å². The molecule has 0 saturated heterocycles. The maximum absolute atomic E-state index is 6.35. The van der Waals surface area contributed by atoms with Crippen LogP contribution in [0.3, 0.4) is 0 Å². The third-order valence-corrected chi connectivity index (χ3v) is 6.07. The van der Waals surface area contributed by atoms with Gasteiger partial charge in [0.05, 0.1) is 5.56 Å². The molecule has 0 radical (unpaired) electrons. The summed E-state index contributed by atoms with van der Waals surface area (Å²) in [5.74, 6) is 0.538. The van der Waals surface area contributed by atoms with Crippen LogP contribution >= 0.6 is 0 Å². The third-order valence-electron chi connectivity index (χ3n) is 6.07. The van der Waals surface area contributed by atoms with E-state index < -0.39 is 0 Å². The average molecular weight is 393 g/mol. The van der Waals surface area contributed by atoms with Gasteiger partial charge in [0.15, 0.2) is 6.20 Å². The van der Waals surface area contributed by atoms with Crippen molar-refractivity contribution < 1.29 is 8.98 Å². The van der Waals surface area contributed by atoms with Crippen molar-refractivity contribution in [3.05, 3.63) is 90.1 Å². The number of rotatable bonds is 3. The second kappa shape index (κ2) is 7.14.